The van der Waals surface area contributed by atoms with Gasteiger partial charge in [-0.05, 0) is 94.9 Å². The van der Waals surface area contributed by atoms with Gasteiger partial charge in [-0.2, -0.15) is 5.26 Å². The van der Waals surface area contributed by atoms with Gasteiger partial charge < -0.3 is 9.64 Å². The van der Waals surface area contributed by atoms with Crippen LogP contribution in [0.3, 0.4) is 0 Å². The molecule has 0 spiro atoms. The second kappa shape index (κ2) is 10.9. The fourth-order valence-corrected chi connectivity index (χ4v) is 5.48. The van der Waals surface area contributed by atoms with Gasteiger partial charge in [0.05, 0.1) is 12.7 Å². The summed E-state index contributed by atoms with van der Waals surface area (Å²) < 4.78 is 22.7. The van der Waals surface area contributed by atoms with E-state index in [1.165, 1.54) is 16.5 Å². The quantitative estimate of drug-likeness (QED) is 0.282. The van der Waals surface area contributed by atoms with Crippen molar-refractivity contribution in [1.29, 1.82) is 5.26 Å². The predicted octanol–water partition coefficient (Wildman–Crippen LogP) is 6.21. The second-order valence-corrected chi connectivity index (χ2v) is 11.9. The minimum Gasteiger partial charge on any atom is -0.443 e. The van der Waals surface area contributed by atoms with Crippen molar-refractivity contribution >= 4 is 17.7 Å². The first kappa shape index (κ1) is 28.2. The summed E-state index contributed by atoms with van der Waals surface area (Å²) >= 11 is 0. The maximum Gasteiger partial charge on any atom is 0.417 e. The number of carbonyl (C=O) groups is 1. The smallest absolute Gasteiger partial charge is 0.417 e. The molecule has 0 saturated heterocycles. The molecule has 1 aliphatic rings. The molecule has 0 unspecified atom stereocenters. The van der Waals surface area contributed by atoms with Crippen LogP contribution in [0, 0.1) is 24.1 Å². The van der Waals surface area contributed by atoms with Crippen LogP contribution in [0.2, 0.25) is 0 Å². The van der Waals surface area contributed by atoms with Crippen molar-refractivity contribution in [1.82, 2.24) is 19.3 Å². The van der Waals surface area contributed by atoms with Crippen LogP contribution in [-0.2, 0) is 30.7 Å². The molecule has 2 heterocycles. The molecule has 4 aromatic rings. The zero-order valence-corrected chi connectivity index (χ0v) is 24.5. The fraction of sp³-hybridized carbons (Fsp3) is 0.375. The third kappa shape index (κ3) is 5.79. The molecule has 0 aliphatic heterocycles. The Morgan fingerprint density at radius 3 is 2.61 bits per heavy atom. The van der Waals surface area contributed by atoms with Crippen LogP contribution in [0.25, 0.3) is 16.8 Å². The summed E-state index contributed by atoms with van der Waals surface area (Å²) in [4.78, 5) is 26.4. The third-order valence-corrected chi connectivity index (χ3v) is 7.18. The van der Waals surface area contributed by atoms with Gasteiger partial charge in [-0.25, -0.2) is 24.1 Å². The number of amides is 1. The van der Waals surface area contributed by atoms with Crippen molar-refractivity contribution in [2.24, 2.45) is 0 Å². The number of aromatic nitrogens is 3. The Labute approximate surface area is 240 Å². The molecule has 0 saturated carbocycles. The molecule has 5 rings (SSSR count). The van der Waals surface area contributed by atoms with E-state index in [1.54, 1.807) is 37.6 Å². The lowest BCUT2D eigenvalue weighted by molar-refractivity contribution is 0.0574. The molecule has 1 amide bonds. The minimum absolute atomic E-state index is 0.0658. The number of benzene rings is 2. The van der Waals surface area contributed by atoms with Crippen LogP contribution < -0.4 is 4.90 Å². The lowest BCUT2D eigenvalue weighted by Gasteiger charge is -2.28. The SMILES string of the molecule is Cc1cc(CN(C)C)ccc1-c1cnc(N(Cc2c(F)ccc3c2CCC3)C(=O)OC(C)(C)C)n2cc(C#N)nc12. The topological polar surface area (TPSA) is 86.8 Å². The van der Waals surface area contributed by atoms with E-state index in [1.807, 2.05) is 33.2 Å². The van der Waals surface area contributed by atoms with Crippen molar-refractivity contribution in [3.8, 4) is 17.2 Å². The Morgan fingerprint density at radius 2 is 1.93 bits per heavy atom. The summed E-state index contributed by atoms with van der Waals surface area (Å²) in [6.07, 6.45) is 5.13. The van der Waals surface area contributed by atoms with Gasteiger partial charge in [-0.1, -0.05) is 24.3 Å². The Kier molecular flexibility index (Phi) is 7.54. The Balaban J connectivity index is 1.66. The van der Waals surface area contributed by atoms with E-state index in [-0.39, 0.29) is 24.0 Å². The molecule has 0 radical (unpaired) electrons. The summed E-state index contributed by atoms with van der Waals surface area (Å²) in [5.74, 6) is -0.173. The molecule has 9 heteroatoms. The van der Waals surface area contributed by atoms with Gasteiger partial charge in [-0.3, -0.25) is 4.40 Å². The molecule has 0 fully saturated rings. The van der Waals surface area contributed by atoms with E-state index < -0.39 is 11.7 Å². The largest absolute Gasteiger partial charge is 0.443 e. The number of fused-ring (bicyclic) bond motifs is 2. The summed E-state index contributed by atoms with van der Waals surface area (Å²) in [5, 5.41) is 9.74. The monoisotopic (exact) mass is 554 g/mol. The van der Waals surface area contributed by atoms with E-state index >= 15 is 4.39 Å². The number of imidazole rings is 1. The van der Waals surface area contributed by atoms with Crippen LogP contribution in [0.5, 0.6) is 0 Å². The van der Waals surface area contributed by atoms with Crippen LogP contribution in [0.4, 0.5) is 15.1 Å². The number of ether oxygens (including phenoxy) is 1. The molecule has 41 heavy (non-hydrogen) atoms. The molecule has 0 N–H and O–H groups in total. The number of carbonyl (C=O) groups excluding carboxylic acids is 1. The van der Waals surface area contributed by atoms with Gasteiger partial charge in [0.2, 0.25) is 5.95 Å². The van der Waals surface area contributed by atoms with E-state index in [2.05, 4.69) is 28.1 Å². The summed E-state index contributed by atoms with van der Waals surface area (Å²) in [5.41, 5.74) is 6.20. The van der Waals surface area contributed by atoms with E-state index in [0.29, 0.717) is 11.2 Å². The molecule has 0 bridgehead atoms. The van der Waals surface area contributed by atoms with Gasteiger partial charge in [0.1, 0.15) is 17.5 Å². The van der Waals surface area contributed by atoms with Crippen LogP contribution in [0.1, 0.15) is 60.7 Å². The third-order valence-electron chi connectivity index (χ3n) is 7.18. The lowest BCUT2D eigenvalue weighted by Crippen LogP contribution is -2.38. The van der Waals surface area contributed by atoms with Gasteiger partial charge in [0, 0.05) is 23.9 Å². The number of nitriles is 1. The summed E-state index contributed by atoms with van der Waals surface area (Å²) in [6.45, 7) is 8.11. The maximum absolute atomic E-state index is 15.3. The van der Waals surface area contributed by atoms with Crippen LogP contribution in [-0.4, -0.2) is 45.1 Å². The number of anilines is 1. The van der Waals surface area contributed by atoms with Crippen molar-refractivity contribution in [2.45, 2.75) is 65.6 Å². The highest BCUT2D eigenvalue weighted by molar-refractivity contribution is 5.88. The van der Waals surface area contributed by atoms with Crippen molar-refractivity contribution < 1.29 is 13.9 Å². The molecule has 8 nitrogen and oxygen atoms in total. The summed E-state index contributed by atoms with van der Waals surface area (Å²) in [6, 6.07) is 11.6. The van der Waals surface area contributed by atoms with Crippen molar-refractivity contribution in [3.05, 3.63) is 82.1 Å². The van der Waals surface area contributed by atoms with Gasteiger partial charge >= 0.3 is 6.09 Å². The maximum atomic E-state index is 15.3. The van der Waals surface area contributed by atoms with Gasteiger partial charge in [0.15, 0.2) is 11.3 Å². The first-order valence-corrected chi connectivity index (χ1v) is 13.8. The average molecular weight is 555 g/mol. The number of hydrogen-bond acceptors (Lipinski definition) is 6. The Hall–Kier alpha value is -4.29. The van der Waals surface area contributed by atoms with E-state index in [9.17, 15) is 10.1 Å². The highest BCUT2D eigenvalue weighted by Gasteiger charge is 2.30. The standard InChI is InChI=1S/C32H35FN6O2/c1-20-14-21(17-37(5)6)10-12-24(20)26-16-35-30(38-18-23(15-34)36-29(26)38)39(31(40)41-32(2,3)4)19-27-25-9-7-8-22(25)11-13-28(27)33/h10-14,16,18H,7-9,17,19H2,1-6H3. The van der Waals surface area contributed by atoms with Gasteiger partial charge in [-0.15, -0.1) is 0 Å². The first-order valence-electron chi connectivity index (χ1n) is 13.8. The zero-order chi connectivity index (χ0) is 29.5. The normalized spacial score (nSPS) is 13.0. The van der Waals surface area contributed by atoms with Gasteiger partial charge in [0.25, 0.3) is 0 Å². The first-order chi connectivity index (χ1) is 19.4. The molecular weight excluding hydrogens is 519 g/mol. The fourth-order valence-electron chi connectivity index (χ4n) is 5.48. The molecular formula is C32H35FN6O2. The number of rotatable bonds is 6. The van der Waals surface area contributed by atoms with Crippen molar-refractivity contribution in [2.75, 3.05) is 19.0 Å². The number of halogens is 1. The lowest BCUT2D eigenvalue weighted by atomic mass is 10.00. The number of hydrogen-bond donors (Lipinski definition) is 0. The molecule has 0 atom stereocenters. The van der Waals surface area contributed by atoms with Crippen LogP contribution in [0.15, 0.2) is 42.7 Å². The molecule has 2 aromatic heterocycles. The molecule has 1 aliphatic carbocycles. The predicted molar refractivity (Wildman–Crippen MR) is 156 cm³/mol. The molecule has 2 aromatic carbocycles. The highest BCUT2D eigenvalue weighted by atomic mass is 19.1. The van der Waals surface area contributed by atoms with E-state index in [4.69, 9.17) is 9.72 Å². The van der Waals surface area contributed by atoms with E-state index in [0.717, 1.165) is 53.6 Å². The Morgan fingerprint density at radius 1 is 1.15 bits per heavy atom. The Bertz CT molecular complexity index is 1680. The minimum atomic E-state index is -0.788. The number of aryl methyl sites for hydroxylation is 2. The summed E-state index contributed by atoms with van der Waals surface area (Å²) in [7, 11) is 4.05. The average Bonchev–Trinajstić information content (AvgIpc) is 3.54. The second-order valence-electron chi connectivity index (χ2n) is 11.9. The number of nitrogens with zero attached hydrogens (tertiary/aromatic N) is 6. The van der Waals surface area contributed by atoms with Crippen LogP contribution >= 0.6 is 0 Å². The highest BCUT2D eigenvalue weighted by Crippen LogP contribution is 2.33. The zero-order valence-electron chi connectivity index (χ0n) is 24.5. The van der Waals surface area contributed by atoms with Crippen molar-refractivity contribution in [3.63, 3.8) is 0 Å². The molecule has 212 valence electrons.